The molecule has 2 amide bonds. The van der Waals surface area contributed by atoms with Crippen LogP contribution in [-0.4, -0.2) is 48.3 Å². The number of nitrogens with zero attached hydrogens (tertiary/aromatic N) is 2. The number of carbonyl (C=O) groups is 1. The maximum absolute atomic E-state index is 12.6. The second kappa shape index (κ2) is 7.21. The molecule has 5 nitrogen and oxygen atoms in total. The zero-order valence-electron chi connectivity index (χ0n) is 13.9. The number of rotatable bonds is 3. The van der Waals surface area contributed by atoms with E-state index in [0.717, 1.165) is 43.9 Å². The summed E-state index contributed by atoms with van der Waals surface area (Å²) < 4.78 is 0. The summed E-state index contributed by atoms with van der Waals surface area (Å²) in [5.41, 5.74) is 2.00. The van der Waals surface area contributed by atoms with Crippen LogP contribution in [0.15, 0.2) is 24.3 Å². The Balaban J connectivity index is 1.68. The lowest BCUT2D eigenvalue weighted by Gasteiger charge is -2.34. The van der Waals surface area contributed by atoms with Crippen molar-refractivity contribution < 1.29 is 9.90 Å². The molecule has 2 aliphatic heterocycles. The Morgan fingerprint density at radius 1 is 1.22 bits per heavy atom. The minimum absolute atomic E-state index is 0.0537. The number of urea groups is 1. The van der Waals surface area contributed by atoms with Gasteiger partial charge in [-0.3, -0.25) is 0 Å². The number of hydrogen-bond donors (Lipinski definition) is 2. The van der Waals surface area contributed by atoms with Crippen LogP contribution in [0.3, 0.4) is 0 Å². The number of amides is 2. The van der Waals surface area contributed by atoms with E-state index in [4.69, 9.17) is 0 Å². The van der Waals surface area contributed by atoms with Gasteiger partial charge in [0.05, 0.1) is 17.5 Å². The number of aliphatic hydroxyl groups is 1. The molecule has 1 aromatic rings. The Hall–Kier alpha value is -1.75. The van der Waals surface area contributed by atoms with Crippen LogP contribution in [0.2, 0.25) is 0 Å². The van der Waals surface area contributed by atoms with Gasteiger partial charge in [-0.2, -0.15) is 0 Å². The average molecular weight is 317 g/mol. The van der Waals surface area contributed by atoms with Crippen molar-refractivity contribution in [2.75, 3.05) is 36.4 Å². The third-order valence-corrected chi connectivity index (χ3v) is 5.02. The molecular formula is C18H27N3O2. The van der Waals surface area contributed by atoms with E-state index in [2.05, 4.69) is 16.3 Å². The number of carbonyl (C=O) groups excluding carboxylic acids is 1. The van der Waals surface area contributed by atoms with Gasteiger partial charge in [-0.1, -0.05) is 12.1 Å². The van der Waals surface area contributed by atoms with Crippen molar-refractivity contribution in [3.63, 3.8) is 0 Å². The van der Waals surface area contributed by atoms with E-state index >= 15 is 0 Å². The Morgan fingerprint density at radius 2 is 1.96 bits per heavy atom. The topological polar surface area (TPSA) is 55.8 Å². The summed E-state index contributed by atoms with van der Waals surface area (Å²) in [4.78, 5) is 16.8. The number of benzene rings is 1. The van der Waals surface area contributed by atoms with Gasteiger partial charge in [-0.25, -0.2) is 4.79 Å². The second-order valence-electron chi connectivity index (χ2n) is 6.73. The summed E-state index contributed by atoms with van der Waals surface area (Å²) in [6, 6.07) is 7.98. The highest BCUT2D eigenvalue weighted by Gasteiger charge is 2.27. The number of likely N-dealkylation sites (tertiary alicyclic amines) is 1. The molecule has 23 heavy (non-hydrogen) atoms. The summed E-state index contributed by atoms with van der Waals surface area (Å²) >= 11 is 0. The van der Waals surface area contributed by atoms with E-state index in [1.807, 2.05) is 30.0 Å². The van der Waals surface area contributed by atoms with Gasteiger partial charge >= 0.3 is 6.03 Å². The third-order valence-electron chi connectivity index (χ3n) is 5.02. The predicted octanol–water partition coefficient (Wildman–Crippen LogP) is 2.91. The first-order valence-electron chi connectivity index (χ1n) is 8.73. The van der Waals surface area contributed by atoms with Gasteiger partial charge in [0.1, 0.15) is 0 Å². The van der Waals surface area contributed by atoms with Crippen molar-refractivity contribution in [1.29, 1.82) is 0 Å². The van der Waals surface area contributed by atoms with Gasteiger partial charge in [0, 0.05) is 32.1 Å². The number of nitrogens with one attached hydrogen (secondary N) is 1. The molecule has 0 spiro atoms. The van der Waals surface area contributed by atoms with E-state index < -0.39 is 0 Å². The summed E-state index contributed by atoms with van der Waals surface area (Å²) in [5.74, 6) is 0.184. The number of hydrogen-bond acceptors (Lipinski definition) is 3. The van der Waals surface area contributed by atoms with Gasteiger partial charge < -0.3 is 20.2 Å². The first-order chi connectivity index (χ1) is 11.1. The number of piperidine rings is 1. The summed E-state index contributed by atoms with van der Waals surface area (Å²) in [7, 11) is 0. The van der Waals surface area contributed by atoms with Gasteiger partial charge in [0.2, 0.25) is 0 Å². The zero-order valence-corrected chi connectivity index (χ0v) is 13.9. The highest BCUT2D eigenvalue weighted by molar-refractivity contribution is 5.93. The molecule has 2 atom stereocenters. The molecule has 2 aliphatic rings. The van der Waals surface area contributed by atoms with Crippen molar-refractivity contribution in [3.8, 4) is 0 Å². The van der Waals surface area contributed by atoms with Crippen LogP contribution < -0.4 is 10.2 Å². The predicted molar refractivity (Wildman–Crippen MR) is 92.9 cm³/mol. The average Bonchev–Trinajstić information content (AvgIpc) is 3.09. The smallest absolute Gasteiger partial charge is 0.321 e. The normalized spacial score (nSPS) is 23.0. The lowest BCUT2D eigenvalue weighted by molar-refractivity contribution is 0.0766. The van der Waals surface area contributed by atoms with E-state index in [1.54, 1.807) is 0 Å². The van der Waals surface area contributed by atoms with Gasteiger partial charge in [-0.05, 0) is 44.7 Å². The minimum atomic E-state index is -0.359. The fourth-order valence-electron chi connectivity index (χ4n) is 3.60. The first kappa shape index (κ1) is 16.1. The maximum Gasteiger partial charge on any atom is 0.321 e. The van der Waals surface area contributed by atoms with Crippen LogP contribution >= 0.6 is 0 Å². The highest BCUT2D eigenvalue weighted by Crippen LogP contribution is 2.29. The molecule has 0 bridgehead atoms. The minimum Gasteiger partial charge on any atom is -0.393 e. The summed E-state index contributed by atoms with van der Waals surface area (Å²) in [5, 5.41) is 12.9. The van der Waals surface area contributed by atoms with Crippen molar-refractivity contribution in [2.45, 2.75) is 38.7 Å². The Kier molecular flexibility index (Phi) is 5.06. The highest BCUT2D eigenvalue weighted by atomic mass is 16.3. The molecule has 2 fully saturated rings. The van der Waals surface area contributed by atoms with Crippen molar-refractivity contribution in [3.05, 3.63) is 24.3 Å². The molecule has 0 aromatic heterocycles. The van der Waals surface area contributed by atoms with Crippen LogP contribution in [0.5, 0.6) is 0 Å². The number of aliphatic hydroxyl groups excluding tert-OH is 1. The number of para-hydroxylation sites is 2. The standard InChI is InChI=1S/C18H27N3O2/c1-14(22)15-7-6-12-21(13-15)18(23)19-16-8-2-3-9-17(16)20-10-4-5-11-20/h2-3,8-9,14-15,22H,4-7,10-13H2,1H3,(H,19,23). The van der Waals surface area contributed by atoms with Gasteiger partial charge in [0.15, 0.2) is 0 Å². The molecule has 3 rings (SSSR count). The quantitative estimate of drug-likeness (QED) is 0.901. The van der Waals surface area contributed by atoms with Crippen LogP contribution in [0.4, 0.5) is 16.2 Å². The van der Waals surface area contributed by atoms with Gasteiger partial charge in [-0.15, -0.1) is 0 Å². The summed E-state index contributed by atoms with van der Waals surface area (Å²) in [6.07, 6.45) is 4.01. The van der Waals surface area contributed by atoms with Crippen LogP contribution in [0.1, 0.15) is 32.6 Å². The molecule has 0 saturated carbocycles. The lowest BCUT2D eigenvalue weighted by Crippen LogP contribution is -2.45. The number of anilines is 2. The maximum atomic E-state index is 12.6. The zero-order chi connectivity index (χ0) is 16.2. The monoisotopic (exact) mass is 317 g/mol. The molecule has 2 N–H and O–H groups in total. The van der Waals surface area contributed by atoms with E-state index in [1.165, 1.54) is 12.8 Å². The van der Waals surface area contributed by atoms with Crippen LogP contribution in [0.25, 0.3) is 0 Å². The SMILES string of the molecule is CC(O)C1CCCN(C(=O)Nc2ccccc2N2CCCC2)C1. The van der Waals surface area contributed by atoms with E-state index in [-0.39, 0.29) is 18.1 Å². The molecule has 2 heterocycles. The Labute approximate surface area is 138 Å². The molecule has 1 aromatic carbocycles. The first-order valence-corrected chi connectivity index (χ1v) is 8.73. The largest absolute Gasteiger partial charge is 0.393 e. The fourth-order valence-corrected chi connectivity index (χ4v) is 3.60. The molecule has 126 valence electrons. The van der Waals surface area contributed by atoms with Crippen LogP contribution in [-0.2, 0) is 0 Å². The molecule has 2 unspecified atom stereocenters. The van der Waals surface area contributed by atoms with Crippen LogP contribution in [0, 0.1) is 5.92 Å². The van der Waals surface area contributed by atoms with Crippen molar-refractivity contribution in [1.82, 2.24) is 4.90 Å². The third kappa shape index (κ3) is 3.78. The lowest BCUT2D eigenvalue weighted by atomic mass is 9.94. The van der Waals surface area contributed by atoms with E-state index in [0.29, 0.717) is 6.54 Å². The molecule has 2 saturated heterocycles. The second-order valence-corrected chi connectivity index (χ2v) is 6.73. The Bertz CT molecular complexity index is 541. The molecule has 0 radical (unpaired) electrons. The Morgan fingerprint density at radius 3 is 2.70 bits per heavy atom. The summed E-state index contributed by atoms with van der Waals surface area (Å²) in [6.45, 7) is 5.33. The molecule has 0 aliphatic carbocycles. The van der Waals surface area contributed by atoms with Crippen molar-refractivity contribution >= 4 is 17.4 Å². The molecular weight excluding hydrogens is 290 g/mol. The fraction of sp³-hybridized carbons (Fsp3) is 0.611. The molecule has 5 heteroatoms. The van der Waals surface area contributed by atoms with Crippen molar-refractivity contribution in [2.24, 2.45) is 5.92 Å². The van der Waals surface area contributed by atoms with Gasteiger partial charge in [0.25, 0.3) is 0 Å². The van der Waals surface area contributed by atoms with E-state index in [9.17, 15) is 9.90 Å².